The van der Waals surface area contributed by atoms with Crippen LogP contribution in [0.1, 0.15) is 0 Å². The van der Waals surface area contributed by atoms with Gasteiger partial charge in [0.25, 0.3) is 0 Å². The van der Waals surface area contributed by atoms with Gasteiger partial charge in [0, 0.05) is 27.5 Å². The van der Waals surface area contributed by atoms with Crippen LogP contribution in [0.2, 0.25) is 0 Å². The van der Waals surface area contributed by atoms with E-state index in [2.05, 4.69) is 217 Å². The fourth-order valence-corrected chi connectivity index (χ4v) is 9.19. The Morgan fingerprint density at radius 3 is 1.53 bits per heavy atom. The molecule has 0 amide bonds. The highest BCUT2D eigenvalue weighted by atomic mass is 16.3. The smallest absolute Gasteiger partial charge is 0.159 e. The molecule has 0 aliphatic heterocycles. The monoisotopic (exact) mass is 737 g/mol. The molecule has 0 aliphatic rings. The zero-order valence-corrected chi connectivity index (χ0v) is 31.6. The topological polar surface area (TPSA) is 16.4 Å². The molecular weight excluding hydrogens is 703 g/mol. The van der Waals surface area contributed by atoms with E-state index in [-0.39, 0.29) is 0 Å². The third-order valence-corrected chi connectivity index (χ3v) is 12.0. The zero-order chi connectivity index (χ0) is 38.2. The third kappa shape index (κ3) is 5.12. The van der Waals surface area contributed by atoms with E-state index in [1.807, 2.05) is 0 Å². The number of hydrogen-bond acceptors (Lipinski definition) is 2. The minimum Gasteiger partial charge on any atom is -0.453 e. The van der Waals surface area contributed by atoms with Gasteiger partial charge >= 0.3 is 0 Å². The molecule has 58 heavy (non-hydrogen) atoms. The van der Waals surface area contributed by atoms with Crippen LogP contribution in [-0.2, 0) is 0 Å². The summed E-state index contributed by atoms with van der Waals surface area (Å²) in [4.78, 5) is 2.35. The largest absolute Gasteiger partial charge is 0.453 e. The van der Waals surface area contributed by atoms with E-state index in [1.54, 1.807) is 0 Å². The lowest BCUT2D eigenvalue weighted by Gasteiger charge is -2.26. The summed E-state index contributed by atoms with van der Waals surface area (Å²) < 4.78 is 6.92. The highest BCUT2D eigenvalue weighted by molar-refractivity contribution is 6.18. The number of nitrogens with zero attached hydrogens (tertiary/aromatic N) is 1. The van der Waals surface area contributed by atoms with Crippen LogP contribution in [-0.4, -0.2) is 0 Å². The maximum Gasteiger partial charge on any atom is 0.159 e. The Labute approximate surface area is 335 Å². The molecule has 1 aromatic heterocycles. The summed E-state index contributed by atoms with van der Waals surface area (Å²) in [6.07, 6.45) is 0. The molecule has 12 rings (SSSR count). The fraction of sp³-hybridized carbons (Fsp3) is 0. The second-order valence-electron chi connectivity index (χ2n) is 15.3. The summed E-state index contributed by atoms with van der Waals surface area (Å²) in [6, 6.07) is 77.0. The van der Waals surface area contributed by atoms with Gasteiger partial charge in [0.1, 0.15) is 5.58 Å². The van der Waals surface area contributed by atoms with Crippen LogP contribution >= 0.6 is 0 Å². The number of benzene rings is 11. The van der Waals surface area contributed by atoms with Crippen LogP contribution in [0.5, 0.6) is 0 Å². The molecule has 0 spiro atoms. The van der Waals surface area contributed by atoms with Crippen molar-refractivity contribution in [2.24, 2.45) is 0 Å². The quantitative estimate of drug-likeness (QED) is 0.164. The summed E-state index contributed by atoms with van der Waals surface area (Å²) in [5, 5.41) is 14.5. The average Bonchev–Trinajstić information content (AvgIpc) is 3.69. The highest BCUT2D eigenvalue weighted by Gasteiger charge is 2.21. The van der Waals surface area contributed by atoms with Crippen molar-refractivity contribution in [2.75, 3.05) is 4.90 Å². The fourth-order valence-electron chi connectivity index (χ4n) is 9.19. The predicted molar refractivity (Wildman–Crippen MR) is 247 cm³/mol. The molecular formula is C56H35NO. The molecule has 0 fully saturated rings. The molecule has 0 saturated carbocycles. The molecule has 1 heterocycles. The first-order valence-corrected chi connectivity index (χ1v) is 19.9. The van der Waals surface area contributed by atoms with Crippen molar-refractivity contribution in [3.05, 3.63) is 212 Å². The molecule has 2 heteroatoms. The molecule has 12 aromatic rings. The van der Waals surface area contributed by atoms with E-state index in [9.17, 15) is 0 Å². The Kier molecular flexibility index (Phi) is 7.26. The van der Waals surface area contributed by atoms with Gasteiger partial charge in [0.15, 0.2) is 5.58 Å². The van der Waals surface area contributed by atoms with Crippen molar-refractivity contribution < 1.29 is 4.42 Å². The Balaban J connectivity index is 0.981. The SMILES string of the molecule is c1ccc2c(c1)ccc1cc(N(c3ccc(-c4ccc(-c5cc6ccccc6c6ccccc56)cc4)cc3)c3cccc4c3oc3c5ccccc5ccc43)ccc12. The van der Waals surface area contributed by atoms with Gasteiger partial charge in [-0.05, 0) is 113 Å². The van der Waals surface area contributed by atoms with E-state index in [4.69, 9.17) is 4.42 Å². The summed E-state index contributed by atoms with van der Waals surface area (Å²) in [5.41, 5.74) is 9.72. The molecule has 0 saturated heterocycles. The third-order valence-electron chi connectivity index (χ3n) is 12.0. The average molecular weight is 738 g/mol. The van der Waals surface area contributed by atoms with E-state index >= 15 is 0 Å². The van der Waals surface area contributed by atoms with E-state index in [1.165, 1.54) is 65.2 Å². The maximum absolute atomic E-state index is 6.92. The standard InChI is InChI=1S/C56H35NO/c1-4-13-45-38(10-1)24-25-42-34-44(31-33-47(42)45)57(54-19-9-18-51-52-32-28-39-11-2-6-15-48(39)55(52)58-56(51)54)43-29-26-37(27-30-43)36-20-22-40(23-21-36)53-35-41-12-3-5-14-46(41)49-16-7-8-17-50(49)53/h1-35H. The van der Waals surface area contributed by atoms with Crippen LogP contribution < -0.4 is 4.90 Å². The second-order valence-corrected chi connectivity index (χ2v) is 15.3. The number of anilines is 3. The molecule has 0 unspecified atom stereocenters. The molecule has 0 radical (unpaired) electrons. The van der Waals surface area contributed by atoms with Crippen molar-refractivity contribution >= 4 is 92.9 Å². The van der Waals surface area contributed by atoms with Gasteiger partial charge in [0.2, 0.25) is 0 Å². The van der Waals surface area contributed by atoms with E-state index in [0.29, 0.717) is 0 Å². The number of rotatable bonds is 5. The predicted octanol–water partition coefficient (Wildman–Crippen LogP) is 16.2. The maximum atomic E-state index is 6.92. The molecule has 0 bridgehead atoms. The van der Waals surface area contributed by atoms with Gasteiger partial charge in [-0.15, -0.1) is 0 Å². The minimum atomic E-state index is 0.869. The van der Waals surface area contributed by atoms with Crippen LogP contribution in [0.25, 0.3) is 98.1 Å². The van der Waals surface area contributed by atoms with E-state index in [0.717, 1.165) is 50.0 Å². The highest BCUT2D eigenvalue weighted by Crippen LogP contribution is 2.45. The van der Waals surface area contributed by atoms with Gasteiger partial charge in [-0.3, -0.25) is 0 Å². The number of furan rings is 1. The molecule has 0 N–H and O–H groups in total. The number of hydrogen-bond donors (Lipinski definition) is 0. The molecule has 0 atom stereocenters. The molecule has 270 valence electrons. The first-order chi connectivity index (χ1) is 28.7. The number of para-hydroxylation sites is 1. The van der Waals surface area contributed by atoms with Gasteiger partial charge in [0.05, 0.1) is 5.69 Å². The Bertz CT molecular complexity index is 3560. The van der Waals surface area contributed by atoms with Crippen LogP contribution in [0, 0.1) is 0 Å². The Hall–Kier alpha value is -7.68. The summed E-state index contributed by atoms with van der Waals surface area (Å²) in [7, 11) is 0. The molecule has 0 aliphatic carbocycles. The van der Waals surface area contributed by atoms with Crippen LogP contribution in [0.3, 0.4) is 0 Å². The van der Waals surface area contributed by atoms with Crippen molar-refractivity contribution in [3.63, 3.8) is 0 Å². The van der Waals surface area contributed by atoms with Crippen molar-refractivity contribution in [1.29, 1.82) is 0 Å². The van der Waals surface area contributed by atoms with Crippen LogP contribution in [0.4, 0.5) is 17.1 Å². The van der Waals surface area contributed by atoms with Gasteiger partial charge in [-0.1, -0.05) is 170 Å². The summed E-state index contributed by atoms with van der Waals surface area (Å²) in [6.45, 7) is 0. The van der Waals surface area contributed by atoms with Crippen molar-refractivity contribution in [1.82, 2.24) is 0 Å². The van der Waals surface area contributed by atoms with Crippen molar-refractivity contribution in [2.45, 2.75) is 0 Å². The summed E-state index contributed by atoms with van der Waals surface area (Å²) >= 11 is 0. The lowest BCUT2D eigenvalue weighted by molar-refractivity contribution is 0.673. The second kappa shape index (κ2) is 12.9. The Morgan fingerprint density at radius 1 is 0.276 bits per heavy atom. The summed E-state index contributed by atoms with van der Waals surface area (Å²) in [5.74, 6) is 0. The number of fused-ring (bicyclic) bond motifs is 11. The zero-order valence-electron chi connectivity index (χ0n) is 31.6. The normalized spacial score (nSPS) is 11.8. The molecule has 2 nitrogen and oxygen atoms in total. The molecule has 11 aromatic carbocycles. The van der Waals surface area contributed by atoms with E-state index < -0.39 is 0 Å². The first kappa shape index (κ1) is 32.6. The van der Waals surface area contributed by atoms with Gasteiger partial charge in [-0.25, -0.2) is 0 Å². The minimum absolute atomic E-state index is 0.869. The first-order valence-electron chi connectivity index (χ1n) is 19.9. The van der Waals surface area contributed by atoms with Gasteiger partial charge < -0.3 is 9.32 Å². The van der Waals surface area contributed by atoms with Crippen LogP contribution in [0.15, 0.2) is 217 Å². The lowest BCUT2D eigenvalue weighted by Crippen LogP contribution is -2.10. The lowest BCUT2D eigenvalue weighted by atomic mass is 9.92. The Morgan fingerprint density at radius 2 is 0.759 bits per heavy atom. The van der Waals surface area contributed by atoms with Crippen molar-refractivity contribution in [3.8, 4) is 22.3 Å². The van der Waals surface area contributed by atoms with Gasteiger partial charge in [-0.2, -0.15) is 0 Å².